The van der Waals surface area contributed by atoms with Crippen LogP contribution in [-0.2, 0) is 11.3 Å². The molecular formula is C14H26N6O. The third-order valence-corrected chi connectivity index (χ3v) is 3.48. The Labute approximate surface area is 126 Å². The molecule has 1 fully saturated rings. The van der Waals surface area contributed by atoms with E-state index in [2.05, 4.69) is 32.7 Å². The Morgan fingerprint density at radius 2 is 2.38 bits per heavy atom. The molecule has 1 aromatic rings. The highest BCUT2D eigenvalue weighted by Gasteiger charge is 2.17. The lowest BCUT2D eigenvalue weighted by molar-refractivity contribution is -0.0161. The van der Waals surface area contributed by atoms with Crippen molar-refractivity contribution in [2.75, 3.05) is 46.9 Å². The van der Waals surface area contributed by atoms with Crippen molar-refractivity contribution < 1.29 is 4.74 Å². The van der Waals surface area contributed by atoms with Crippen molar-refractivity contribution in [1.29, 1.82) is 0 Å². The van der Waals surface area contributed by atoms with Crippen LogP contribution in [0.3, 0.4) is 0 Å². The van der Waals surface area contributed by atoms with Crippen LogP contribution in [0.4, 0.5) is 0 Å². The highest BCUT2D eigenvalue weighted by Crippen LogP contribution is 2.01. The number of nitrogens with zero attached hydrogens (tertiary/aromatic N) is 4. The van der Waals surface area contributed by atoms with Crippen LogP contribution in [0.2, 0.25) is 0 Å². The van der Waals surface area contributed by atoms with Crippen LogP contribution in [-0.4, -0.2) is 73.6 Å². The van der Waals surface area contributed by atoms with E-state index in [9.17, 15) is 0 Å². The van der Waals surface area contributed by atoms with E-state index in [-0.39, 0.29) is 6.10 Å². The lowest BCUT2D eigenvalue weighted by Gasteiger charge is -2.30. The van der Waals surface area contributed by atoms with E-state index in [1.165, 1.54) is 0 Å². The summed E-state index contributed by atoms with van der Waals surface area (Å²) in [6.45, 7) is 5.33. The first kappa shape index (κ1) is 15.8. The Hall–Kier alpha value is -1.60. The predicted octanol–water partition coefficient (Wildman–Crippen LogP) is -0.231. The number of aryl methyl sites for hydroxylation is 1. The van der Waals surface area contributed by atoms with Crippen molar-refractivity contribution in [2.45, 2.75) is 19.1 Å². The molecule has 1 aliphatic rings. The zero-order valence-electron chi connectivity index (χ0n) is 13.0. The maximum absolute atomic E-state index is 5.72. The molecule has 1 saturated heterocycles. The zero-order chi connectivity index (χ0) is 14.9. The van der Waals surface area contributed by atoms with Gasteiger partial charge in [0, 0.05) is 52.2 Å². The number of aromatic nitrogens is 2. The number of nitrogens with one attached hydrogen (secondary N) is 2. The van der Waals surface area contributed by atoms with Gasteiger partial charge in [-0.05, 0) is 19.5 Å². The standard InChI is InChI=1S/C14H26N6O/c1-15-14(16-5-3-7-20-8-4-6-18-20)17-11-13-12-19(2)9-10-21-13/h4,6,8,13H,3,5,7,9-12H2,1-2H3,(H2,15,16,17). The molecule has 0 aliphatic carbocycles. The number of aliphatic imine (C=N–C) groups is 1. The fourth-order valence-electron chi connectivity index (χ4n) is 2.30. The second-order valence-corrected chi connectivity index (χ2v) is 5.26. The van der Waals surface area contributed by atoms with Gasteiger partial charge in [0.15, 0.2) is 5.96 Å². The molecule has 0 spiro atoms. The molecule has 0 radical (unpaired) electrons. The molecule has 2 rings (SSSR count). The Bertz CT molecular complexity index is 419. The van der Waals surface area contributed by atoms with Gasteiger partial charge in [0.25, 0.3) is 0 Å². The van der Waals surface area contributed by atoms with E-state index in [1.54, 1.807) is 13.2 Å². The third-order valence-electron chi connectivity index (χ3n) is 3.48. The van der Waals surface area contributed by atoms with Crippen LogP contribution < -0.4 is 10.6 Å². The van der Waals surface area contributed by atoms with E-state index < -0.39 is 0 Å². The normalized spacial score (nSPS) is 20.5. The van der Waals surface area contributed by atoms with Crippen LogP contribution in [0.15, 0.2) is 23.5 Å². The number of rotatable bonds is 6. The Morgan fingerprint density at radius 3 is 3.10 bits per heavy atom. The average molecular weight is 294 g/mol. The summed E-state index contributed by atoms with van der Waals surface area (Å²) in [4.78, 5) is 6.52. The number of guanidine groups is 1. The number of hydrogen-bond acceptors (Lipinski definition) is 4. The lowest BCUT2D eigenvalue weighted by atomic mass is 10.3. The van der Waals surface area contributed by atoms with Gasteiger partial charge >= 0.3 is 0 Å². The van der Waals surface area contributed by atoms with Crippen LogP contribution in [0.5, 0.6) is 0 Å². The van der Waals surface area contributed by atoms with Gasteiger partial charge in [0.05, 0.1) is 12.7 Å². The predicted molar refractivity (Wildman–Crippen MR) is 83.4 cm³/mol. The Morgan fingerprint density at radius 1 is 1.48 bits per heavy atom. The molecular weight excluding hydrogens is 268 g/mol. The summed E-state index contributed by atoms with van der Waals surface area (Å²) in [5, 5.41) is 10.8. The highest BCUT2D eigenvalue weighted by molar-refractivity contribution is 5.79. The van der Waals surface area contributed by atoms with Crippen molar-refractivity contribution in [2.24, 2.45) is 4.99 Å². The van der Waals surface area contributed by atoms with Crippen molar-refractivity contribution in [3.05, 3.63) is 18.5 Å². The quantitative estimate of drug-likeness (QED) is 0.431. The first-order chi connectivity index (χ1) is 10.3. The summed E-state index contributed by atoms with van der Waals surface area (Å²) >= 11 is 0. The second-order valence-electron chi connectivity index (χ2n) is 5.26. The summed E-state index contributed by atoms with van der Waals surface area (Å²) in [7, 11) is 3.91. The number of hydrogen-bond donors (Lipinski definition) is 2. The monoisotopic (exact) mass is 294 g/mol. The summed E-state index contributed by atoms with van der Waals surface area (Å²) in [6, 6.07) is 1.94. The zero-order valence-corrected chi connectivity index (χ0v) is 13.0. The van der Waals surface area contributed by atoms with Gasteiger partial charge in [0.2, 0.25) is 0 Å². The van der Waals surface area contributed by atoms with Crippen LogP contribution in [0, 0.1) is 0 Å². The van der Waals surface area contributed by atoms with Crippen LogP contribution in [0.25, 0.3) is 0 Å². The minimum Gasteiger partial charge on any atom is -0.374 e. The number of ether oxygens (including phenoxy) is 1. The molecule has 0 saturated carbocycles. The van der Waals surface area contributed by atoms with E-state index in [1.807, 2.05) is 16.9 Å². The summed E-state index contributed by atoms with van der Waals surface area (Å²) in [5.74, 6) is 0.826. The molecule has 0 amide bonds. The van der Waals surface area contributed by atoms with Crippen molar-refractivity contribution in [3.63, 3.8) is 0 Å². The van der Waals surface area contributed by atoms with Crippen molar-refractivity contribution >= 4 is 5.96 Å². The first-order valence-corrected chi connectivity index (χ1v) is 7.50. The Balaban J connectivity index is 1.59. The summed E-state index contributed by atoms with van der Waals surface area (Å²) in [5.41, 5.74) is 0. The first-order valence-electron chi connectivity index (χ1n) is 7.50. The largest absolute Gasteiger partial charge is 0.374 e. The van der Waals surface area contributed by atoms with Crippen molar-refractivity contribution in [1.82, 2.24) is 25.3 Å². The molecule has 7 nitrogen and oxygen atoms in total. The third kappa shape index (κ3) is 5.73. The molecule has 2 N–H and O–H groups in total. The lowest BCUT2D eigenvalue weighted by Crippen LogP contribution is -2.48. The molecule has 1 aromatic heterocycles. The molecule has 1 aliphatic heterocycles. The van der Waals surface area contributed by atoms with Gasteiger partial charge in [-0.2, -0.15) is 5.10 Å². The number of likely N-dealkylation sites (N-methyl/N-ethyl adjacent to an activating group) is 1. The van der Waals surface area contributed by atoms with Crippen LogP contribution in [0.1, 0.15) is 6.42 Å². The molecule has 0 aromatic carbocycles. The topological polar surface area (TPSA) is 66.7 Å². The molecule has 21 heavy (non-hydrogen) atoms. The summed E-state index contributed by atoms with van der Waals surface area (Å²) < 4.78 is 7.65. The Kier molecular flexibility index (Phi) is 6.49. The molecule has 1 unspecified atom stereocenters. The van der Waals surface area contributed by atoms with E-state index in [4.69, 9.17) is 4.74 Å². The summed E-state index contributed by atoms with van der Waals surface area (Å²) in [6.07, 6.45) is 5.01. The van der Waals surface area contributed by atoms with E-state index >= 15 is 0 Å². The molecule has 1 atom stereocenters. The molecule has 0 bridgehead atoms. The van der Waals surface area contributed by atoms with Crippen LogP contribution >= 0.6 is 0 Å². The minimum atomic E-state index is 0.228. The average Bonchev–Trinajstić information content (AvgIpc) is 3.00. The number of morpholine rings is 1. The fraction of sp³-hybridized carbons (Fsp3) is 0.714. The molecule has 2 heterocycles. The fourth-order valence-corrected chi connectivity index (χ4v) is 2.30. The second kappa shape index (κ2) is 8.63. The van der Waals surface area contributed by atoms with Gasteiger partial charge < -0.3 is 20.3 Å². The maximum atomic E-state index is 5.72. The van der Waals surface area contributed by atoms with E-state index in [0.29, 0.717) is 0 Å². The smallest absolute Gasteiger partial charge is 0.191 e. The van der Waals surface area contributed by atoms with Gasteiger partial charge in [-0.1, -0.05) is 0 Å². The molecule has 118 valence electrons. The SMILES string of the molecule is CN=C(NCCCn1cccn1)NCC1CN(C)CCO1. The van der Waals surface area contributed by atoms with Gasteiger partial charge in [-0.25, -0.2) is 0 Å². The van der Waals surface area contributed by atoms with Gasteiger partial charge in [-0.3, -0.25) is 9.67 Å². The van der Waals surface area contributed by atoms with Gasteiger partial charge in [-0.15, -0.1) is 0 Å². The highest BCUT2D eigenvalue weighted by atomic mass is 16.5. The molecule has 7 heteroatoms. The minimum absolute atomic E-state index is 0.228. The maximum Gasteiger partial charge on any atom is 0.191 e. The van der Waals surface area contributed by atoms with Gasteiger partial charge in [0.1, 0.15) is 0 Å². The van der Waals surface area contributed by atoms with Crippen molar-refractivity contribution in [3.8, 4) is 0 Å². The van der Waals surface area contributed by atoms with E-state index in [0.717, 1.165) is 51.7 Å².